The summed E-state index contributed by atoms with van der Waals surface area (Å²) < 4.78 is 30.4. The van der Waals surface area contributed by atoms with E-state index in [9.17, 15) is 8.42 Å². The first kappa shape index (κ1) is 13.3. The van der Waals surface area contributed by atoms with Crippen molar-refractivity contribution >= 4 is 9.84 Å². The van der Waals surface area contributed by atoms with Crippen LogP contribution in [0.2, 0.25) is 0 Å². The molecule has 1 fully saturated rings. The second-order valence-corrected chi connectivity index (χ2v) is 6.79. The minimum Gasteiger partial charge on any atom is -0.358 e. The first-order valence-corrected chi connectivity index (χ1v) is 7.65. The smallest absolute Gasteiger partial charge is 0.205 e. The molecule has 0 radical (unpaired) electrons. The van der Waals surface area contributed by atoms with Gasteiger partial charge in [0.05, 0.1) is 11.0 Å². The van der Waals surface area contributed by atoms with E-state index in [0.717, 1.165) is 0 Å². The number of rotatable bonds is 4. The SMILES string of the molecule is C=CC[C@@H]1O[C@@H](S(=O)(=O)c2ccccc2)C[C@@H]1C. The molecule has 1 aromatic carbocycles. The van der Waals surface area contributed by atoms with Crippen LogP contribution in [0.25, 0.3) is 0 Å². The first-order valence-electron chi connectivity index (χ1n) is 6.11. The Morgan fingerprint density at radius 3 is 2.67 bits per heavy atom. The van der Waals surface area contributed by atoms with Crippen LogP contribution in [0.3, 0.4) is 0 Å². The van der Waals surface area contributed by atoms with Crippen LogP contribution >= 0.6 is 0 Å². The van der Waals surface area contributed by atoms with Gasteiger partial charge in [-0.05, 0) is 30.9 Å². The summed E-state index contributed by atoms with van der Waals surface area (Å²) >= 11 is 0. The Morgan fingerprint density at radius 2 is 2.06 bits per heavy atom. The topological polar surface area (TPSA) is 43.4 Å². The van der Waals surface area contributed by atoms with Crippen molar-refractivity contribution in [2.75, 3.05) is 0 Å². The molecule has 0 spiro atoms. The molecular formula is C14H18O3S. The van der Waals surface area contributed by atoms with Gasteiger partial charge in [-0.2, -0.15) is 0 Å². The fraction of sp³-hybridized carbons (Fsp3) is 0.429. The van der Waals surface area contributed by atoms with Gasteiger partial charge in [-0.25, -0.2) is 8.42 Å². The molecule has 18 heavy (non-hydrogen) atoms. The zero-order chi connectivity index (χ0) is 13.2. The minimum absolute atomic E-state index is 0.0361. The van der Waals surface area contributed by atoms with Gasteiger partial charge in [-0.3, -0.25) is 0 Å². The number of hydrogen-bond acceptors (Lipinski definition) is 3. The molecule has 2 rings (SSSR count). The van der Waals surface area contributed by atoms with Crippen LogP contribution in [0.4, 0.5) is 0 Å². The molecular weight excluding hydrogens is 248 g/mol. The minimum atomic E-state index is -3.38. The van der Waals surface area contributed by atoms with E-state index in [1.54, 1.807) is 36.4 Å². The van der Waals surface area contributed by atoms with Crippen molar-refractivity contribution < 1.29 is 13.2 Å². The summed E-state index contributed by atoms with van der Waals surface area (Å²) in [4.78, 5) is 0.335. The fourth-order valence-electron chi connectivity index (χ4n) is 2.25. The number of sulfone groups is 1. The largest absolute Gasteiger partial charge is 0.358 e. The summed E-state index contributed by atoms with van der Waals surface area (Å²) in [6, 6.07) is 8.49. The van der Waals surface area contributed by atoms with Gasteiger partial charge >= 0.3 is 0 Å². The Balaban J connectivity index is 2.21. The van der Waals surface area contributed by atoms with Crippen LogP contribution in [-0.2, 0) is 14.6 Å². The summed E-state index contributed by atoms with van der Waals surface area (Å²) in [5.74, 6) is 0.242. The zero-order valence-corrected chi connectivity index (χ0v) is 11.3. The lowest BCUT2D eigenvalue weighted by molar-refractivity contribution is 0.0757. The fourth-order valence-corrected chi connectivity index (χ4v) is 3.94. The second kappa shape index (κ2) is 5.24. The van der Waals surface area contributed by atoms with Crippen molar-refractivity contribution in [2.45, 2.75) is 36.2 Å². The van der Waals surface area contributed by atoms with E-state index in [2.05, 4.69) is 6.58 Å². The van der Waals surface area contributed by atoms with Gasteiger partial charge in [0.2, 0.25) is 9.84 Å². The van der Waals surface area contributed by atoms with Crippen molar-refractivity contribution in [1.29, 1.82) is 0 Å². The van der Waals surface area contributed by atoms with Crippen LogP contribution < -0.4 is 0 Å². The Kier molecular flexibility index (Phi) is 3.88. The van der Waals surface area contributed by atoms with Gasteiger partial charge in [0, 0.05) is 0 Å². The lowest BCUT2D eigenvalue weighted by Gasteiger charge is -2.14. The van der Waals surface area contributed by atoms with E-state index in [4.69, 9.17) is 4.74 Å². The molecule has 1 saturated heterocycles. The highest BCUT2D eigenvalue weighted by molar-refractivity contribution is 7.92. The van der Waals surface area contributed by atoms with Gasteiger partial charge in [0.1, 0.15) is 0 Å². The van der Waals surface area contributed by atoms with Gasteiger partial charge < -0.3 is 4.74 Å². The van der Waals surface area contributed by atoms with Crippen molar-refractivity contribution in [2.24, 2.45) is 5.92 Å². The molecule has 1 aliphatic heterocycles. The number of hydrogen-bond donors (Lipinski definition) is 0. The molecule has 98 valence electrons. The summed E-state index contributed by atoms with van der Waals surface area (Å²) in [5, 5.41) is 0. The molecule has 0 aromatic heterocycles. The van der Waals surface area contributed by atoms with Crippen LogP contribution in [0.5, 0.6) is 0 Å². The maximum Gasteiger partial charge on any atom is 0.205 e. The summed E-state index contributed by atoms with van der Waals surface area (Å²) in [5.41, 5.74) is -0.722. The summed E-state index contributed by atoms with van der Waals surface area (Å²) in [7, 11) is -3.38. The van der Waals surface area contributed by atoms with Crippen LogP contribution in [0, 0.1) is 5.92 Å². The van der Waals surface area contributed by atoms with Crippen molar-refractivity contribution in [3.63, 3.8) is 0 Å². The maximum absolute atomic E-state index is 12.4. The van der Waals surface area contributed by atoms with E-state index in [-0.39, 0.29) is 12.0 Å². The Bertz CT molecular complexity index is 507. The van der Waals surface area contributed by atoms with E-state index in [1.807, 2.05) is 6.92 Å². The third-order valence-corrected chi connectivity index (χ3v) is 5.27. The Morgan fingerprint density at radius 1 is 1.39 bits per heavy atom. The average molecular weight is 266 g/mol. The van der Waals surface area contributed by atoms with Crippen LogP contribution in [0.15, 0.2) is 47.9 Å². The molecule has 0 amide bonds. The predicted octanol–water partition coefficient (Wildman–Crippen LogP) is 2.79. The Hall–Kier alpha value is -1.13. The average Bonchev–Trinajstić information content (AvgIpc) is 2.73. The van der Waals surface area contributed by atoms with Crippen molar-refractivity contribution in [3.8, 4) is 0 Å². The third kappa shape index (κ3) is 2.49. The van der Waals surface area contributed by atoms with Gasteiger partial charge in [0.15, 0.2) is 5.44 Å². The van der Waals surface area contributed by atoms with Crippen LogP contribution in [-0.4, -0.2) is 20.0 Å². The third-order valence-electron chi connectivity index (χ3n) is 3.34. The molecule has 0 unspecified atom stereocenters. The van der Waals surface area contributed by atoms with Gasteiger partial charge in [-0.1, -0.05) is 31.2 Å². The number of benzene rings is 1. The Labute approximate surface area is 108 Å². The zero-order valence-electron chi connectivity index (χ0n) is 10.5. The lowest BCUT2D eigenvalue weighted by atomic mass is 10.0. The van der Waals surface area contributed by atoms with Gasteiger partial charge in [0.25, 0.3) is 0 Å². The molecule has 0 aliphatic carbocycles. The number of ether oxygens (including phenoxy) is 1. The summed E-state index contributed by atoms with van der Waals surface area (Å²) in [6.45, 7) is 5.70. The normalized spacial score (nSPS) is 28.2. The molecule has 4 heteroatoms. The molecule has 0 bridgehead atoms. The molecule has 3 nitrogen and oxygen atoms in total. The molecule has 1 aliphatic rings. The first-order chi connectivity index (χ1) is 8.55. The molecule has 1 aromatic rings. The van der Waals surface area contributed by atoms with Gasteiger partial charge in [-0.15, -0.1) is 6.58 Å². The lowest BCUT2D eigenvalue weighted by Crippen LogP contribution is -2.21. The molecule has 0 saturated carbocycles. The highest BCUT2D eigenvalue weighted by Gasteiger charge is 2.39. The summed E-state index contributed by atoms with van der Waals surface area (Å²) in [6.07, 6.45) is 2.99. The van der Waals surface area contributed by atoms with Crippen molar-refractivity contribution in [3.05, 3.63) is 43.0 Å². The van der Waals surface area contributed by atoms with E-state index in [0.29, 0.717) is 17.7 Å². The highest BCUT2D eigenvalue weighted by Crippen LogP contribution is 2.33. The molecule has 3 atom stereocenters. The quantitative estimate of drug-likeness (QED) is 0.787. The van der Waals surface area contributed by atoms with Crippen molar-refractivity contribution in [1.82, 2.24) is 0 Å². The van der Waals surface area contributed by atoms with Crippen LogP contribution in [0.1, 0.15) is 19.8 Å². The van der Waals surface area contributed by atoms with E-state index in [1.165, 1.54) is 0 Å². The monoisotopic (exact) mass is 266 g/mol. The van der Waals surface area contributed by atoms with E-state index < -0.39 is 15.3 Å². The van der Waals surface area contributed by atoms with E-state index >= 15 is 0 Å². The standard InChI is InChI=1S/C14H18O3S/c1-3-7-13-11(2)10-14(17-13)18(15,16)12-8-5-4-6-9-12/h3-6,8-9,11,13-14H,1,7,10H2,2H3/t11-,13-,14-/m0/s1. The predicted molar refractivity (Wildman–Crippen MR) is 70.9 cm³/mol. The highest BCUT2D eigenvalue weighted by atomic mass is 32.2. The molecule has 1 heterocycles. The second-order valence-electron chi connectivity index (χ2n) is 4.70. The molecule has 0 N–H and O–H groups in total. The maximum atomic E-state index is 12.4.